The van der Waals surface area contributed by atoms with Gasteiger partial charge in [-0.3, -0.25) is 19.3 Å². The van der Waals surface area contributed by atoms with Crippen LogP contribution in [0.4, 0.5) is 0 Å². The number of benzene rings is 2. The number of hydrogen-bond donors (Lipinski definition) is 2. The van der Waals surface area contributed by atoms with E-state index >= 15 is 0 Å². The lowest BCUT2D eigenvalue weighted by atomic mass is 10.1. The molecule has 1 aliphatic rings. The average molecular weight is 351 g/mol. The van der Waals surface area contributed by atoms with Crippen LogP contribution in [-0.4, -0.2) is 49.3 Å². The van der Waals surface area contributed by atoms with E-state index in [1.807, 2.05) is 30.3 Å². The minimum Gasteiger partial charge on any atom is -0.351 e. The van der Waals surface area contributed by atoms with Crippen LogP contribution < -0.4 is 10.6 Å². The van der Waals surface area contributed by atoms with Gasteiger partial charge in [-0.2, -0.15) is 0 Å². The molecule has 2 aromatic rings. The molecule has 0 spiro atoms. The Morgan fingerprint density at radius 3 is 2.42 bits per heavy atom. The quantitative estimate of drug-likeness (QED) is 0.585. The largest absolute Gasteiger partial charge is 0.351 e. The maximum atomic E-state index is 12.6. The Hall–Kier alpha value is -2.99. The summed E-state index contributed by atoms with van der Waals surface area (Å²) >= 11 is 0. The number of nitrogens with zero attached hydrogens (tertiary/aromatic N) is 1. The summed E-state index contributed by atoms with van der Waals surface area (Å²) in [5, 5.41) is 5.71. The minimum absolute atomic E-state index is 0.258. The van der Waals surface area contributed by atoms with Gasteiger partial charge in [-0.15, -0.1) is 0 Å². The first-order valence-corrected chi connectivity index (χ1v) is 8.59. The first-order chi connectivity index (χ1) is 12.6. The molecule has 6 heteroatoms. The van der Waals surface area contributed by atoms with Crippen LogP contribution in [0.25, 0.3) is 0 Å². The van der Waals surface area contributed by atoms with E-state index in [1.54, 1.807) is 19.2 Å². The van der Waals surface area contributed by atoms with Gasteiger partial charge in [0.05, 0.1) is 11.1 Å². The smallest absolute Gasteiger partial charge is 0.261 e. The van der Waals surface area contributed by atoms with Gasteiger partial charge in [0.15, 0.2) is 0 Å². The molecule has 0 aromatic heterocycles. The van der Waals surface area contributed by atoms with Crippen LogP contribution >= 0.6 is 0 Å². The van der Waals surface area contributed by atoms with E-state index in [4.69, 9.17) is 0 Å². The van der Waals surface area contributed by atoms with Gasteiger partial charge < -0.3 is 10.6 Å². The second-order valence-electron chi connectivity index (χ2n) is 6.12. The number of likely N-dealkylation sites (N-methyl/N-ethyl adjacent to an activating group) is 1. The van der Waals surface area contributed by atoms with Crippen molar-refractivity contribution in [1.82, 2.24) is 15.5 Å². The Morgan fingerprint density at radius 1 is 0.962 bits per heavy atom. The Kier molecular flexibility index (Phi) is 5.43. The molecular weight excluding hydrogens is 330 g/mol. The first-order valence-electron chi connectivity index (χ1n) is 8.59. The molecule has 0 radical (unpaired) electrons. The van der Waals surface area contributed by atoms with Crippen molar-refractivity contribution < 1.29 is 14.4 Å². The SMILES string of the molecule is CNCCNC(=O)c1ccc2c(c1)C(=O)N(CCc1ccccc1)C2=O. The van der Waals surface area contributed by atoms with Crippen LogP contribution in [-0.2, 0) is 6.42 Å². The molecule has 3 rings (SSSR count). The van der Waals surface area contributed by atoms with Crippen LogP contribution in [0.1, 0.15) is 36.6 Å². The van der Waals surface area contributed by atoms with Crippen molar-refractivity contribution in [2.45, 2.75) is 6.42 Å². The molecule has 6 nitrogen and oxygen atoms in total. The van der Waals surface area contributed by atoms with Gasteiger partial charge in [0.25, 0.3) is 17.7 Å². The molecule has 2 N–H and O–H groups in total. The summed E-state index contributed by atoms with van der Waals surface area (Å²) in [4.78, 5) is 38.5. The number of nitrogens with one attached hydrogen (secondary N) is 2. The van der Waals surface area contributed by atoms with Gasteiger partial charge >= 0.3 is 0 Å². The fourth-order valence-electron chi connectivity index (χ4n) is 2.92. The zero-order valence-electron chi connectivity index (χ0n) is 14.6. The number of carbonyl (C=O) groups is 3. The lowest BCUT2D eigenvalue weighted by molar-refractivity contribution is 0.0656. The van der Waals surface area contributed by atoms with Crippen molar-refractivity contribution in [3.05, 3.63) is 70.8 Å². The van der Waals surface area contributed by atoms with Gasteiger partial charge in [-0.25, -0.2) is 0 Å². The molecular formula is C20H21N3O3. The van der Waals surface area contributed by atoms with Crippen LogP contribution in [0.15, 0.2) is 48.5 Å². The molecule has 2 aromatic carbocycles. The highest BCUT2D eigenvalue weighted by Gasteiger charge is 2.35. The number of rotatable bonds is 7. The van der Waals surface area contributed by atoms with Crippen molar-refractivity contribution in [2.75, 3.05) is 26.7 Å². The van der Waals surface area contributed by atoms with Crippen LogP contribution in [0, 0.1) is 0 Å². The van der Waals surface area contributed by atoms with Crippen LogP contribution in [0.3, 0.4) is 0 Å². The molecule has 26 heavy (non-hydrogen) atoms. The highest BCUT2D eigenvalue weighted by atomic mass is 16.2. The average Bonchev–Trinajstić information content (AvgIpc) is 2.91. The Bertz CT molecular complexity index is 833. The van der Waals surface area contributed by atoms with Crippen molar-refractivity contribution in [1.29, 1.82) is 0 Å². The van der Waals surface area contributed by atoms with E-state index in [1.165, 1.54) is 11.0 Å². The standard InChI is InChI=1S/C20H21N3O3/c1-21-10-11-22-18(24)15-7-8-16-17(13-15)20(26)23(19(16)25)12-9-14-5-3-2-4-6-14/h2-8,13,21H,9-12H2,1H3,(H,22,24). The summed E-state index contributed by atoms with van der Waals surface area (Å²) in [6.45, 7) is 1.46. The van der Waals surface area contributed by atoms with Crippen LogP contribution in [0.2, 0.25) is 0 Å². The van der Waals surface area contributed by atoms with Crippen LogP contribution in [0.5, 0.6) is 0 Å². The minimum atomic E-state index is -0.342. The lowest BCUT2D eigenvalue weighted by Crippen LogP contribution is -2.31. The summed E-state index contributed by atoms with van der Waals surface area (Å²) in [6, 6.07) is 14.4. The third-order valence-electron chi connectivity index (χ3n) is 4.36. The van der Waals surface area contributed by atoms with Crippen molar-refractivity contribution >= 4 is 17.7 Å². The number of fused-ring (bicyclic) bond motifs is 1. The van der Waals surface area contributed by atoms with E-state index in [-0.39, 0.29) is 17.7 Å². The number of hydrogen-bond acceptors (Lipinski definition) is 4. The summed E-state index contributed by atoms with van der Waals surface area (Å²) in [6.07, 6.45) is 0.601. The topological polar surface area (TPSA) is 78.5 Å². The molecule has 0 saturated carbocycles. The van der Waals surface area contributed by atoms with E-state index in [0.29, 0.717) is 42.7 Å². The molecule has 1 heterocycles. The van der Waals surface area contributed by atoms with E-state index in [2.05, 4.69) is 10.6 Å². The summed E-state index contributed by atoms with van der Waals surface area (Å²) in [5.74, 6) is -0.903. The zero-order chi connectivity index (χ0) is 18.5. The second kappa shape index (κ2) is 7.93. The third-order valence-corrected chi connectivity index (χ3v) is 4.36. The fraction of sp³-hybridized carbons (Fsp3) is 0.250. The van der Waals surface area contributed by atoms with E-state index in [9.17, 15) is 14.4 Å². The molecule has 1 aliphatic heterocycles. The predicted octanol–water partition coefficient (Wildman–Crippen LogP) is 1.47. The Morgan fingerprint density at radius 2 is 1.69 bits per heavy atom. The zero-order valence-corrected chi connectivity index (χ0v) is 14.6. The predicted molar refractivity (Wildman–Crippen MR) is 98.2 cm³/mol. The van der Waals surface area contributed by atoms with Gasteiger partial charge in [-0.05, 0) is 37.2 Å². The van der Waals surface area contributed by atoms with Gasteiger partial charge in [0.1, 0.15) is 0 Å². The first kappa shape index (κ1) is 17.8. The number of carbonyl (C=O) groups excluding carboxylic acids is 3. The summed E-state index contributed by atoms with van der Waals surface area (Å²) in [5.41, 5.74) is 2.10. The van der Waals surface area contributed by atoms with Crippen molar-refractivity contribution in [3.63, 3.8) is 0 Å². The molecule has 0 saturated heterocycles. The number of imide groups is 1. The number of amides is 3. The van der Waals surface area contributed by atoms with Crippen molar-refractivity contribution in [2.24, 2.45) is 0 Å². The van der Waals surface area contributed by atoms with Gasteiger partial charge in [0.2, 0.25) is 0 Å². The van der Waals surface area contributed by atoms with Gasteiger partial charge in [0, 0.05) is 25.2 Å². The molecule has 0 fully saturated rings. The molecule has 0 unspecified atom stereocenters. The maximum absolute atomic E-state index is 12.6. The maximum Gasteiger partial charge on any atom is 0.261 e. The highest BCUT2D eigenvalue weighted by molar-refractivity contribution is 6.22. The Labute approximate surface area is 152 Å². The summed E-state index contributed by atoms with van der Waals surface area (Å²) < 4.78 is 0. The highest BCUT2D eigenvalue weighted by Crippen LogP contribution is 2.24. The molecule has 0 bridgehead atoms. The second-order valence-corrected chi connectivity index (χ2v) is 6.12. The Balaban J connectivity index is 1.72. The monoisotopic (exact) mass is 351 g/mol. The lowest BCUT2D eigenvalue weighted by Gasteiger charge is -2.13. The van der Waals surface area contributed by atoms with Gasteiger partial charge in [-0.1, -0.05) is 30.3 Å². The summed E-state index contributed by atoms with van der Waals surface area (Å²) in [7, 11) is 1.80. The fourth-order valence-corrected chi connectivity index (χ4v) is 2.92. The molecule has 0 aliphatic carbocycles. The molecule has 0 atom stereocenters. The molecule has 3 amide bonds. The normalized spacial score (nSPS) is 13.0. The molecule has 134 valence electrons. The third kappa shape index (κ3) is 3.65. The van der Waals surface area contributed by atoms with E-state index < -0.39 is 0 Å². The van der Waals surface area contributed by atoms with Crippen molar-refractivity contribution in [3.8, 4) is 0 Å². The van der Waals surface area contributed by atoms with E-state index in [0.717, 1.165) is 5.56 Å².